The van der Waals surface area contributed by atoms with Crippen LogP contribution in [-0.4, -0.2) is 67.7 Å². The highest BCUT2D eigenvalue weighted by molar-refractivity contribution is 14.0. The number of carbonyl (C=O) groups excluding carboxylic acids is 1. The largest absolute Gasteiger partial charge is 0.469 e. The number of furan rings is 1. The lowest BCUT2D eigenvalue weighted by molar-refractivity contribution is 0.0914. The molecule has 1 aromatic rings. The van der Waals surface area contributed by atoms with E-state index in [0.717, 1.165) is 37.8 Å². The summed E-state index contributed by atoms with van der Waals surface area (Å²) in [6, 6.07) is 3.85. The van der Waals surface area contributed by atoms with Crippen LogP contribution < -0.4 is 5.32 Å². The van der Waals surface area contributed by atoms with Crippen molar-refractivity contribution in [3.05, 3.63) is 24.2 Å². The summed E-state index contributed by atoms with van der Waals surface area (Å²) in [5, 5.41) is 3.31. The molecule has 0 aliphatic carbocycles. The standard InChI is InChI=1S/C16H26N4O3.HI/c1-3-17-15(18-8-7-14-6-5-13-23-14)19-9-11-20(12-10-19)16(21)22-4-2;/h5-6,13H,3-4,7-12H2,1-2H3,(H,17,18);1H. The van der Waals surface area contributed by atoms with Crippen LogP contribution in [0.15, 0.2) is 27.8 Å². The summed E-state index contributed by atoms with van der Waals surface area (Å²) in [4.78, 5) is 20.3. The van der Waals surface area contributed by atoms with Crippen LogP contribution in [-0.2, 0) is 11.2 Å². The van der Waals surface area contributed by atoms with E-state index in [9.17, 15) is 4.79 Å². The summed E-state index contributed by atoms with van der Waals surface area (Å²) in [5.41, 5.74) is 0. The highest BCUT2D eigenvalue weighted by Crippen LogP contribution is 2.05. The predicted molar refractivity (Wildman–Crippen MR) is 104 cm³/mol. The normalized spacial score (nSPS) is 15.0. The van der Waals surface area contributed by atoms with Crippen LogP contribution in [0.3, 0.4) is 0 Å². The van der Waals surface area contributed by atoms with Crippen molar-refractivity contribution in [3.63, 3.8) is 0 Å². The molecule has 0 atom stereocenters. The summed E-state index contributed by atoms with van der Waals surface area (Å²) >= 11 is 0. The number of piperazine rings is 1. The van der Waals surface area contributed by atoms with Gasteiger partial charge in [-0.2, -0.15) is 0 Å². The maximum absolute atomic E-state index is 11.7. The molecule has 136 valence electrons. The molecule has 1 saturated heterocycles. The second kappa shape index (κ2) is 11.2. The van der Waals surface area contributed by atoms with Crippen molar-refractivity contribution in [1.29, 1.82) is 0 Å². The highest BCUT2D eigenvalue weighted by atomic mass is 127. The molecule has 0 radical (unpaired) electrons. The van der Waals surface area contributed by atoms with Crippen LogP contribution in [0.1, 0.15) is 19.6 Å². The number of ether oxygens (including phenoxy) is 1. The van der Waals surface area contributed by atoms with Gasteiger partial charge in [0.2, 0.25) is 0 Å². The first-order valence-electron chi connectivity index (χ1n) is 8.22. The Hall–Kier alpha value is -1.45. The fourth-order valence-electron chi connectivity index (χ4n) is 2.47. The minimum absolute atomic E-state index is 0. The van der Waals surface area contributed by atoms with Gasteiger partial charge in [-0.1, -0.05) is 0 Å². The lowest BCUT2D eigenvalue weighted by Gasteiger charge is -2.35. The van der Waals surface area contributed by atoms with Gasteiger partial charge in [-0.15, -0.1) is 24.0 Å². The number of amides is 1. The molecular formula is C16H27IN4O3. The van der Waals surface area contributed by atoms with Crippen LogP contribution in [0.5, 0.6) is 0 Å². The van der Waals surface area contributed by atoms with Crippen molar-refractivity contribution in [3.8, 4) is 0 Å². The van der Waals surface area contributed by atoms with E-state index in [2.05, 4.69) is 22.1 Å². The first-order valence-corrected chi connectivity index (χ1v) is 8.22. The molecule has 0 saturated carbocycles. The Morgan fingerprint density at radius 2 is 2.00 bits per heavy atom. The molecule has 2 heterocycles. The Morgan fingerprint density at radius 1 is 1.29 bits per heavy atom. The fraction of sp³-hybridized carbons (Fsp3) is 0.625. The number of guanidine groups is 1. The van der Waals surface area contributed by atoms with Gasteiger partial charge in [0.15, 0.2) is 5.96 Å². The van der Waals surface area contributed by atoms with E-state index in [1.807, 2.05) is 19.1 Å². The van der Waals surface area contributed by atoms with E-state index >= 15 is 0 Å². The number of nitrogens with zero attached hydrogens (tertiary/aromatic N) is 3. The number of hydrogen-bond donors (Lipinski definition) is 1. The Labute approximate surface area is 160 Å². The summed E-state index contributed by atoms with van der Waals surface area (Å²) in [5.74, 6) is 1.83. The molecule has 24 heavy (non-hydrogen) atoms. The van der Waals surface area contributed by atoms with Crippen molar-refractivity contribution < 1.29 is 13.9 Å². The molecule has 8 heteroatoms. The number of rotatable bonds is 5. The summed E-state index contributed by atoms with van der Waals surface area (Å²) in [6.07, 6.45) is 2.23. The van der Waals surface area contributed by atoms with Crippen molar-refractivity contribution in [2.45, 2.75) is 20.3 Å². The Bertz CT molecular complexity index is 499. The minimum atomic E-state index is -0.230. The quantitative estimate of drug-likeness (QED) is 0.423. The van der Waals surface area contributed by atoms with Gasteiger partial charge in [-0.3, -0.25) is 4.99 Å². The van der Waals surface area contributed by atoms with Crippen LogP contribution >= 0.6 is 24.0 Å². The number of halogens is 1. The third-order valence-electron chi connectivity index (χ3n) is 3.64. The molecule has 0 bridgehead atoms. The topological polar surface area (TPSA) is 70.3 Å². The van der Waals surface area contributed by atoms with E-state index in [4.69, 9.17) is 9.15 Å². The van der Waals surface area contributed by atoms with Gasteiger partial charge in [0, 0.05) is 45.7 Å². The predicted octanol–water partition coefficient (Wildman–Crippen LogP) is 2.18. The third kappa shape index (κ3) is 6.21. The zero-order chi connectivity index (χ0) is 16.5. The Kier molecular flexibility index (Phi) is 9.58. The van der Waals surface area contributed by atoms with Crippen LogP contribution in [0.2, 0.25) is 0 Å². The number of carbonyl (C=O) groups is 1. The SMILES string of the molecule is CCNC(=NCCc1ccco1)N1CCN(C(=O)OCC)CC1.I. The Morgan fingerprint density at radius 3 is 2.58 bits per heavy atom. The molecule has 0 aromatic carbocycles. The summed E-state index contributed by atoms with van der Waals surface area (Å²) < 4.78 is 10.4. The molecule has 1 aromatic heterocycles. The van der Waals surface area contributed by atoms with E-state index in [-0.39, 0.29) is 30.1 Å². The second-order valence-corrected chi connectivity index (χ2v) is 5.24. The van der Waals surface area contributed by atoms with Crippen LogP contribution in [0, 0.1) is 0 Å². The van der Waals surface area contributed by atoms with Gasteiger partial charge in [0.25, 0.3) is 0 Å². The van der Waals surface area contributed by atoms with Gasteiger partial charge < -0.3 is 24.3 Å². The summed E-state index contributed by atoms with van der Waals surface area (Å²) in [7, 11) is 0. The van der Waals surface area contributed by atoms with Crippen molar-refractivity contribution >= 4 is 36.0 Å². The van der Waals surface area contributed by atoms with E-state index < -0.39 is 0 Å². The second-order valence-electron chi connectivity index (χ2n) is 5.24. The average Bonchev–Trinajstić information content (AvgIpc) is 3.08. The maximum atomic E-state index is 11.7. The van der Waals surface area contributed by atoms with Gasteiger partial charge >= 0.3 is 6.09 Å². The molecule has 0 unspecified atom stereocenters. The van der Waals surface area contributed by atoms with Crippen LogP contribution in [0.25, 0.3) is 0 Å². The zero-order valence-corrected chi connectivity index (χ0v) is 16.7. The molecular weight excluding hydrogens is 423 g/mol. The van der Waals surface area contributed by atoms with E-state index in [0.29, 0.717) is 26.2 Å². The molecule has 1 aliphatic heterocycles. The average molecular weight is 450 g/mol. The maximum Gasteiger partial charge on any atom is 0.409 e. The van der Waals surface area contributed by atoms with E-state index in [1.165, 1.54) is 0 Å². The molecule has 1 N–H and O–H groups in total. The number of nitrogens with one attached hydrogen (secondary N) is 1. The van der Waals surface area contributed by atoms with Crippen molar-refractivity contribution in [1.82, 2.24) is 15.1 Å². The molecule has 0 spiro atoms. The fourth-order valence-corrected chi connectivity index (χ4v) is 2.47. The van der Waals surface area contributed by atoms with Crippen molar-refractivity contribution in [2.75, 3.05) is 45.9 Å². The van der Waals surface area contributed by atoms with Gasteiger partial charge in [0.05, 0.1) is 12.9 Å². The highest BCUT2D eigenvalue weighted by Gasteiger charge is 2.23. The van der Waals surface area contributed by atoms with Crippen molar-refractivity contribution in [2.24, 2.45) is 4.99 Å². The Balaban J connectivity index is 0.00000288. The molecule has 1 fully saturated rings. The monoisotopic (exact) mass is 450 g/mol. The molecule has 2 rings (SSSR count). The van der Waals surface area contributed by atoms with E-state index in [1.54, 1.807) is 11.2 Å². The number of aliphatic imine (C=N–C) groups is 1. The van der Waals surface area contributed by atoms with Gasteiger partial charge in [0.1, 0.15) is 5.76 Å². The van der Waals surface area contributed by atoms with Gasteiger partial charge in [-0.05, 0) is 26.0 Å². The number of hydrogen-bond acceptors (Lipinski definition) is 4. The first-order chi connectivity index (χ1) is 11.2. The first kappa shape index (κ1) is 20.6. The summed E-state index contributed by atoms with van der Waals surface area (Å²) in [6.45, 7) is 8.60. The smallest absolute Gasteiger partial charge is 0.409 e. The zero-order valence-electron chi connectivity index (χ0n) is 14.4. The third-order valence-corrected chi connectivity index (χ3v) is 3.64. The van der Waals surface area contributed by atoms with Gasteiger partial charge in [-0.25, -0.2) is 4.79 Å². The lowest BCUT2D eigenvalue weighted by Crippen LogP contribution is -2.54. The lowest BCUT2D eigenvalue weighted by atomic mass is 10.3. The minimum Gasteiger partial charge on any atom is -0.469 e. The molecule has 1 aliphatic rings. The molecule has 1 amide bonds. The molecule has 7 nitrogen and oxygen atoms in total. The van der Waals surface area contributed by atoms with Crippen LogP contribution in [0.4, 0.5) is 4.79 Å².